The van der Waals surface area contributed by atoms with E-state index in [0.29, 0.717) is 34.8 Å². The molecule has 0 aliphatic carbocycles. The highest BCUT2D eigenvalue weighted by Crippen LogP contribution is 2.32. The molecule has 10 heteroatoms. The highest BCUT2D eigenvalue weighted by molar-refractivity contribution is 7.17. The molecule has 3 amide bonds. The highest BCUT2D eigenvalue weighted by Gasteiger charge is 2.42. The first-order valence-electron chi connectivity index (χ1n) is 10.1. The SMILES string of the molecule is CCOC(=O)c1sc(NC(=O)CN2C(=O)C3CCCN3C(=O)c3ccccc32)nc1C. The number of amides is 3. The molecule has 1 fully saturated rings. The third-order valence-electron chi connectivity index (χ3n) is 5.30. The van der Waals surface area contributed by atoms with E-state index in [1.807, 2.05) is 0 Å². The Kier molecular flexibility index (Phi) is 5.73. The largest absolute Gasteiger partial charge is 0.462 e. The number of hydrogen-bond donors (Lipinski definition) is 1. The topological polar surface area (TPSA) is 109 Å². The lowest BCUT2D eigenvalue weighted by Crippen LogP contribution is -2.47. The molecule has 1 aromatic carbocycles. The van der Waals surface area contributed by atoms with Crippen LogP contribution < -0.4 is 10.2 Å². The van der Waals surface area contributed by atoms with Crippen molar-refractivity contribution < 1.29 is 23.9 Å². The monoisotopic (exact) mass is 442 g/mol. The van der Waals surface area contributed by atoms with Crippen molar-refractivity contribution in [3.63, 3.8) is 0 Å². The number of benzene rings is 1. The van der Waals surface area contributed by atoms with Crippen LogP contribution in [0.4, 0.5) is 10.8 Å². The first kappa shape index (κ1) is 21.0. The van der Waals surface area contributed by atoms with Gasteiger partial charge in [-0.1, -0.05) is 23.5 Å². The van der Waals surface area contributed by atoms with E-state index in [1.54, 1.807) is 43.0 Å². The Hall–Kier alpha value is -3.27. The van der Waals surface area contributed by atoms with Gasteiger partial charge >= 0.3 is 5.97 Å². The number of ether oxygens (including phenoxy) is 1. The predicted molar refractivity (Wildman–Crippen MR) is 114 cm³/mol. The molecule has 0 radical (unpaired) electrons. The van der Waals surface area contributed by atoms with Crippen LogP contribution in [0, 0.1) is 6.92 Å². The smallest absolute Gasteiger partial charge is 0.350 e. The van der Waals surface area contributed by atoms with Crippen LogP contribution >= 0.6 is 11.3 Å². The lowest BCUT2D eigenvalue weighted by molar-refractivity contribution is -0.124. The Morgan fingerprint density at radius 3 is 2.84 bits per heavy atom. The van der Waals surface area contributed by atoms with Crippen molar-refractivity contribution >= 4 is 45.8 Å². The minimum Gasteiger partial charge on any atom is -0.462 e. The minimum atomic E-state index is -0.565. The van der Waals surface area contributed by atoms with E-state index >= 15 is 0 Å². The first-order valence-corrected chi connectivity index (χ1v) is 10.9. The summed E-state index contributed by atoms with van der Waals surface area (Å²) in [4.78, 5) is 58.4. The molecule has 9 nitrogen and oxygen atoms in total. The van der Waals surface area contributed by atoms with Gasteiger partial charge in [-0.05, 0) is 38.8 Å². The molecular formula is C21H22N4O5S. The van der Waals surface area contributed by atoms with E-state index in [9.17, 15) is 19.2 Å². The van der Waals surface area contributed by atoms with Crippen LogP contribution in [0.25, 0.3) is 0 Å². The van der Waals surface area contributed by atoms with Crippen molar-refractivity contribution in [3.05, 3.63) is 40.4 Å². The molecule has 2 aliphatic heterocycles. The molecule has 0 saturated carbocycles. The van der Waals surface area contributed by atoms with Gasteiger partial charge in [-0.2, -0.15) is 0 Å². The third kappa shape index (κ3) is 3.90. The predicted octanol–water partition coefficient (Wildman–Crippen LogP) is 2.22. The Balaban J connectivity index is 1.57. The average Bonchev–Trinajstić information content (AvgIpc) is 3.36. The van der Waals surface area contributed by atoms with E-state index in [2.05, 4.69) is 10.3 Å². The second-order valence-electron chi connectivity index (χ2n) is 7.30. The van der Waals surface area contributed by atoms with Crippen LogP contribution in [0.3, 0.4) is 0 Å². The lowest BCUT2D eigenvalue weighted by atomic mass is 10.1. The van der Waals surface area contributed by atoms with Crippen molar-refractivity contribution in [1.82, 2.24) is 9.88 Å². The summed E-state index contributed by atoms with van der Waals surface area (Å²) in [7, 11) is 0. The summed E-state index contributed by atoms with van der Waals surface area (Å²) in [6.45, 7) is 3.88. The Labute approximate surface area is 183 Å². The zero-order valence-corrected chi connectivity index (χ0v) is 18.0. The van der Waals surface area contributed by atoms with Crippen LogP contribution in [-0.2, 0) is 14.3 Å². The maximum atomic E-state index is 13.2. The number of carbonyl (C=O) groups excluding carboxylic acids is 4. The second kappa shape index (κ2) is 8.46. The summed E-state index contributed by atoms with van der Waals surface area (Å²) in [5.41, 5.74) is 1.29. The molecule has 2 aliphatic rings. The van der Waals surface area contributed by atoms with Crippen molar-refractivity contribution in [2.75, 3.05) is 29.9 Å². The van der Waals surface area contributed by atoms with Gasteiger partial charge in [-0.15, -0.1) is 0 Å². The summed E-state index contributed by atoms with van der Waals surface area (Å²) < 4.78 is 5.00. The van der Waals surface area contributed by atoms with Gasteiger partial charge in [-0.25, -0.2) is 9.78 Å². The van der Waals surface area contributed by atoms with Crippen LogP contribution in [-0.4, -0.2) is 59.3 Å². The van der Waals surface area contributed by atoms with Crippen molar-refractivity contribution in [2.24, 2.45) is 0 Å². The van der Waals surface area contributed by atoms with E-state index in [1.165, 1.54) is 4.90 Å². The lowest BCUT2D eigenvalue weighted by Gasteiger charge is -2.25. The summed E-state index contributed by atoms with van der Waals surface area (Å²) in [6.07, 6.45) is 1.32. The maximum Gasteiger partial charge on any atom is 0.350 e. The molecular weight excluding hydrogens is 420 g/mol. The Morgan fingerprint density at radius 1 is 1.29 bits per heavy atom. The fourth-order valence-corrected chi connectivity index (χ4v) is 4.79. The molecule has 3 heterocycles. The number of nitrogens with one attached hydrogen (secondary N) is 1. The number of nitrogens with zero attached hydrogens (tertiary/aromatic N) is 3. The Bertz CT molecular complexity index is 1070. The molecule has 0 spiro atoms. The average molecular weight is 442 g/mol. The molecule has 162 valence electrons. The number of aromatic nitrogens is 1. The summed E-state index contributed by atoms with van der Waals surface area (Å²) >= 11 is 1.02. The van der Waals surface area contributed by atoms with Crippen LogP contribution in [0.5, 0.6) is 0 Å². The molecule has 4 rings (SSSR count). The zero-order chi connectivity index (χ0) is 22.1. The molecule has 1 N–H and O–H groups in total. The first-order chi connectivity index (χ1) is 14.9. The number of fused-ring (bicyclic) bond motifs is 2. The molecule has 1 atom stereocenters. The van der Waals surface area contributed by atoms with Gasteiger partial charge in [0.2, 0.25) is 11.8 Å². The van der Waals surface area contributed by atoms with E-state index in [-0.39, 0.29) is 30.1 Å². The van der Waals surface area contributed by atoms with Gasteiger partial charge in [0.25, 0.3) is 5.91 Å². The van der Waals surface area contributed by atoms with Crippen LogP contribution in [0.2, 0.25) is 0 Å². The summed E-state index contributed by atoms with van der Waals surface area (Å²) in [5.74, 6) is -1.42. The van der Waals surface area contributed by atoms with Gasteiger partial charge in [0.1, 0.15) is 17.5 Å². The molecule has 1 aromatic heterocycles. The quantitative estimate of drug-likeness (QED) is 0.712. The number of para-hydroxylation sites is 1. The van der Waals surface area contributed by atoms with E-state index in [4.69, 9.17) is 4.74 Å². The maximum absolute atomic E-state index is 13.2. The number of rotatable bonds is 5. The van der Waals surface area contributed by atoms with E-state index < -0.39 is 17.9 Å². The molecule has 0 bridgehead atoms. The summed E-state index contributed by atoms with van der Waals surface area (Å²) in [5, 5.41) is 2.91. The summed E-state index contributed by atoms with van der Waals surface area (Å²) in [6, 6.07) is 6.26. The van der Waals surface area contributed by atoms with Gasteiger partial charge in [-0.3, -0.25) is 14.4 Å². The van der Waals surface area contributed by atoms with Gasteiger partial charge < -0.3 is 19.9 Å². The number of esters is 1. The van der Waals surface area contributed by atoms with Gasteiger partial charge in [0.05, 0.1) is 23.6 Å². The molecule has 1 saturated heterocycles. The molecule has 1 unspecified atom stereocenters. The van der Waals surface area contributed by atoms with Gasteiger partial charge in [0, 0.05) is 6.54 Å². The molecule has 31 heavy (non-hydrogen) atoms. The zero-order valence-electron chi connectivity index (χ0n) is 17.2. The minimum absolute atomic E-state index is 0.191. The number of carbonyl (C=O) groups is 4. The number of thiazole rings is 1. The van der Waals surface area contributed by atoms with Crippen molar-refractivity contribution in [2.45, 2.75) is 32.7 Å². The normalized spacial score (nSPS) is 17.8. The fourth-order valence-electron chi connectivity index (χ4n) is 3.91. The second-order valence-corrected chi connectivity index (χ2v) is 8.30. The number of hydrogen-bond acceptors (Lipinski definition) is 7. The van der Waals surface area contributed by atoms with E-state index in [0.717, 1.165) is 17.8 Å². The van der Waals surface area contributed by atoms with Crippen molar-refractivity contribution in [3.8, 4) is 0 Å². The van der Waals surface area contributed by atoms with Crippen molar-refractivity contribution in [1.29, 1.82) is 0 Å². The highest BCUT2D eigenvalue weighted by atomic mass is 32.1. The van der Waals surface area contributed by atoms with Gasteiger partial charge in [0.15, 0.2) is 5.13 Å². The Morgan fingerprint density at radius 2 is 2.06 bits per heavy atom. The number of anilines is 2. The standard InChI is InChI=1S/C21H22N4O5S/c1-3-30-20(29)17-12(2)22-21(31-17)23-16(26)11-25-14-8-5-4-7-13(14)18(27)24-10-6-9-15(24)19(25)28/h4-5,7-8,15H,3,6,9-11H2,1-2H3,(H,22,23,26). The van der Waals surface area contributed by atoms with Crippen LogP contribution in [0.1, 0.15) is 45.5 Å². The fraction of sp³-hybridized carbons (Fsp3) is 0.381. The van der Waals surface area contributed by atoms with Crippen LogP contribution in [0.15, 0.2) is 24.3 Å². The number of aryl methyl sites for hydroxylation is 1. The molecule has 2 aromatic rings. The third-order valence-corrected chi connectivity index (χ3v) is 6.35.